The number of hydrogen-bond acceptors (Lipinski definition) is 1. The van der Waals surface area contributed by atoms with E-state index in [2.05, 4.69) is 40.8 Å². The molecular weight excluding hydrogens is 212 g/mol. The molecule has 1 aliphatic heterocycles. The van der Waals surface area contributed by atoms with Gasteiger partial charge in [-0.1, -0.05) is 66.5 Å². The molecule has 0 amide bonds. The molecule has 2 unspecified atom stereocenters. The minimum Gasteiger partial charge on any atom is -0.373 e. The highest BCUT2D eigenvalue weighted by Gasteiger charge is 2.55. The van der Waals surface area contributed by atoms with Gasteiger partial charge in [-0.15, -0.1) is 0 Å². The Bertz CT molecular complexity index is 217. The zero-order chi connectivity index (χ0) is 12.4. The highest BCUT2D eigenvalue weighted by Crippen LogP contribution is 2.47. The summed E-state index contributed by atoms with van der Waals surface area (Å²) in [5.41, 5.74) is 0.633. The third kappa shape index (κ3) is 3.33. The first-order valence-electron chi connectivity index (χ1n) is 6.96. The fraction of sp³-hybridized carbons (Fsp3) is 1.00. The van der Waals surface area contributed by atoms with Crippen molar-refractivity contribution in [3.05, 3.63) is 0 Å². The van der Waals surface area contributed by atoms with Crippen LogP contribution in [0.4, 0.5) is 0 Å². The first kappa shape index (κ1) is 14.2. The molecule has 1 fully saturated rings. The Balaban J connectivity index is 2.28. The molecule has 0 radical (unpaired) electrons. The third-order valence-electron chi connectivity index (χ3n) is 4.57. The van der Waals surface area contributed by atoms with Gasteiger partial charge in [-0.2, -0.15) is 0 Å². The van der Waals surface area contributed by atoms with Crippen molar-refractivity contribution >= 4 is 8.07 Å². The second-order valence-corrected chi connectivity index (χ2v) is 12.4. The normalized spacial score (nSPS) is 25.9. The van der Waals surface area contributed by atoms with E-state index < -0.39 is 8.07 Å². The standard InChI is InChI=1S/C14H30OSi/c1-7-8-9-10-11-12-13(15-12)16(5,6)14(2,3)4/h12-13H,7-11H2,1-6H3. The van der Waals surface area contributed by atoms with E-state index in [-0.39, 0.29) is 0 Å². The first-order chi connectivity index (χ1) is 7.30. The molecule has 0 spiro atoms. The molecule has 1 nitrogen and oxygen atoms in total. The highest BCUT2D eigenvalue weighted by atomic mass is 28.3. The van der Waals surface area contributed by atoms with Gasteiger partial charge in [0.05, 0.1) is 19.9 Å². The van der Waals surface area contributed by atoms with Crippen LogP contribution in [0.2, 0.25) is 18.1 Å². The van der Waals surface area contributed by atoms with E-state index in [1.165, 1.54) is 32.1 Å². The summed E-state index contributed by atoms with van der Waals surface area (Å²) in [6, 6.07) is 0. The average molecular weight is 242 g/mol. The summed E-state index contributed by atoms with van der Waals surface area (Å²) >= 11 is 0. The van der Waals surface area contributed by atoms with Crippen LogP contribution >= 0.6 is 0 Å². The van der Waals surface area contributed by atoms with Gasteiger partial charge in [-0.05, 0) is 11.5 Å². The Morgan fingerprint density at radius 1 is 1.06 bits per heavy atom. The average Bonchev–Trinajstić information content (AvgIpc) is 2.90. The molecule has 1 heterocycles. The Labute approximate surface area is 103 Å². The maximum atomic E-state index is 5.95. The molecule has 0 bridgehead atoms. The van der Waals surface area contributed by atoms with Crippen LogP contribution in [0.3, 0.4) is 0 Å². The summed E-state index contributed by atoms with van der Waals surface area (Å²) in [4.78, 5) is 0. The Hall–Kier alpha value is 0.177. The van der Waals surface area contributed by atoms with Gasteiger partial charge in [0.2, 0.25) is 0 Å². The maximum absolute atomic E-state index is 5.95. The van der Waals surface area contributed by atoms with Crippen LogP contribution in [-0.2, 0) is 4.74 Å². The number of unbranched alkanes of at least 4 members (excludes halogenated alkanes) is 3. The van der Waals surface area contributed by atoms with Crippen LogP contribution in [0, 0.1) is 0 Å². The lowest BCUT2D eigenvalue weighted by Crippen LogP contribution is -2.44. The summed E-state index contributed by atoms with van der Waals surface area (Å²) in [6.07, 6.45) is 7.38. The number of rotatable bonds is 6. The van der Waals surface area contributed by atoms with Gasteiger partial charge in [-0.25, -0.2) is 0 Å². The Morgan fingerprint density at radius 3 is 2.19 bits per heavy atom. The Kier molecular flexibility index (Phi) is 4.64. The lowest BCUT2D eigenvalue weighted by Gasteiger charge is -2.35. The van der Waals surface area contributed by atoms with Crippen molar-refractivity contribution in [2.75, 3.05) is 0 Å². The van der Waals surface area contributed by atoms with Crippen molar-refractivity contribution in [2.45, 2.75) is 89.8 Å². The van der Waals surface area contributed by atoms with Gasteiger partial charge in [-0.3, -0.25) is 0 Å². The molecular formula is C14H30OSi. The second-order valence-electron chi connectivity index (χ2n) is 6.92. The topological polar surface area (TPSA) is 12.5 Å². The zero-order valence-corrected chi connectivity index (χ0v) is 13.1. The van der Waals surface area contributed by atoms with Crippen molar-refractivity contribution in [3.8, 4) is 0 Å². The lowest BCUT2D eigenvalue weighted by atomic mass is 10.1. The van der Waals surface area contributed by atoms with Crippen LogP contribution in [0.5, 0.6) is 0 Å². The summed E-state index contributed by atoms with van der Waals surface area (Å²) in [5, 5.41) is 0.468. The van der Waals surface area contributed by atoms with E-state index >= 15 is 0 Å². The number of ether oxygens (including phenoxy) is 1. The molecule has 0 aromatic heterocycles. The summed E-state index contributed by atoms with van der Waals surface area (Å²) in [6.45, 7) is 14.4. The number of hydrogen-bond donors (Lipinski definition) is 0. The van der Waals surface area contributed by atoms with Crippen LogP contribution in [0.25, 0.3) is 0 Å². The van der Waals surface area contributed by atoms with Crippen molar-refractivity contribution in [1.82, 2.24) is 0 Å². The van der Waals surface area contributed by atoms with Gasteiger partial charge in [0.1, 0.15) is 0 Å². The summed E-state index contributed by atoms with van der Waals surface area (Å²) in [7, 11) is -1.22. The monoisotopic (exact) mass is 242 g/mol. The Morgan fingerprint density at radius 2 is 1.69 bits per heavy atom. The predicted molar refractivity (Wildman–Crippen MR) is 74.6 cm³/mol. The van der Waals surface area contributed by atoms with E-state index in [1.54, 1.807) is 0 Å². The molecule has 96 valence electrons. The molecule has 2 atom stereocenters. The van der Waals surface area contributed by atoms with Crippen LogP contribution in [-0.4, -0.2) is 19.9 Å². The van der Waals surface area contributed by atoms with E-state index in [4.69, 9.17) is 4.74 Å². The smallest absolute Gasteiger partial charge is 0.0902 e. The molecule has 0 aromatic carbocycles. The first-order valence-corrected chi connectivity index (χ1v) is 10.0. The van der Waals surface area contributed by atoms with Crippen molar-refractivity contribution in [1.29, 1.82) is 0 Å². The molecule has 1 saturated heterocycles. The third-order valence-corrected chi connectivity index (χ3v) is 10.4. The minimum absolute atomic E-state index is 0.468. The predicted octanol–water partition coefficient (Wildman–Crippen LogP) is 4.77. The van der Waals surface area contributed by atoms with Crippen LogP contribution < -0.4 is 0 Å². The second kappa shape index (κ2) is 5.22. The minimum atomic E-state index is -1.22. The molecule has 0 saturated carbocycles. The van der Waals surface area contributed by atoms with Crippen molar-refractivity contribution < 1.29 is 4.74 Å². The summed E-state index contributed by atoms with van der Waals surface area (Å²) < 4.78 is 5.95. The van der Waals surface area contributed by atoms with Crippen LogP contribution in [0.1, 0.15) is 59.8 Å². The van der Waals surface area contributed by atoms with Gasteiger partial charge in [0, 0.05) is 0 Å². The SMILES string of the molecule is CCCCCCC1OC1[Si](C)(C)C(C)(C)C. The van der Waals surface area contributed by atoms with Crippen LogP contribution in [0.15, 0.2) is 0 Å². The highest BCUT2D eigenvalue weighted by molar-refractivity contribution is 6.82. The van der Waals surface area contributed by atoms with Gasteiger partial charge in [0.25, 0.3) is 0 Å². The molecule has 2 heteroatoms. The van der Waals surface area contributed by atoms with E-state index in [0.29, 0.717) is 16.9 Å². The fourth-order valence-electron chi connectivity index (χ4n) is 2.20. The molecule has 0 aliphatic carbocycles. The van der Waals surface area contributed by atoms with Crippen molar-refractivity contribution in [2.24, 2.45) is 0 Å². The fourth-order valence-corrected chi connectivity index (χ4v) is 4.66. The number of epoxide rings is 1. The van der Waals surface area contributed by atoms with E-state index in [9.17, 15) is 0 Å². The largest absolute Gasteiger partial charge is 0.373 e. The van der Waals surface area contributed by atoms with E-state index in [1.807, 2.05) is 0 Å². The van der Waals surface area contributed by atoms with Gasteiger partial charge >= 0.3 is 0 Å². The lowest BCUT2D eigenvalue weighted by molar-refractivity contribution is 0.375. The molecule has 16 heavy (non-hydrogen) atoms. The van der Waals surface area contributed by atoms with Crippen molar-refractivity contribution in [3.63, 3.8) is 0 Å². The molecule has 1 rings (SSSR count). The molecule has 0 aromatic rings. The quantitative estimate of drug-likeness (QED) is 0.371. The maximum Gasteiger partial charge on any atom is 0.0902 e. The molecule has 0 N–H and O–H groups in total. The zero-order valence-electron chi connectivity index (χ0n) is 12.1. The van der Waals surface area contributed by atoms with E-state index in [0.717, 1.165) is 0 Å². The van der Waals surface area contributed by atoms with Gasteiger partial charge in [0.15, 0.2) is 0 Å². The summed E-state index contributed by atoms with van der Waals surface area (Å²) in [5.74, 6) is 0. The molecule has 1 aliphatic rings. The van der Waals surface area contributed by atoms with Gasteiger partial charge < -0.3 is 4.74 Å².